The quantitative estimate of drug-likeness (QED) is 0.795. The third kappa shape index (κ3) is 5.04. The molecule has 18 heavy (non-hydrogen) atoms. The summed E-state index contributed by atoms with van der Waals surface area (Å²) < 4.78 is 0. The van der Waals surface area contributed by atoms with Crippen molar-refractivity contribution in [2.75, 3.05) is 18.2 Å². The molecule has 1 heterocycles. The molecule has 1 aliphatic rings. The average molecular weight is 296 g/mol. The Morgan fingerprint density at radius 1 is 1.50 bits per heavy atom. The van der Waals surface area contributed by atoms with Crippen LogP contribution in [0.3, 0.4) is 0 Å². The van der Waals surface area contributed by atoms with Crippen LogP contribution in [-0.2, 0) is 9.59 Å². The molecule has 5 nitrogen and oxygen atoms in total. The van der Waals surface area contributed by atoms with E-state index in [2.05, 4.69) is 5.32 Å². The van der Waals surface area contributed by atoms with Gasteiger partial charge >= 0.3 is 0 Å². The maximum Gasteiger partial charge on any atom is 0.243 e. The van der Waals surface area contributed by atoms with Gasteiger partial charge in [0, 0.05) is 24.3 Å². The van der Waals surface area contributed by atoms with Gasteiger partial charge in [-0.15, -0.1) is 24.2 Å². The van der Waals surface area contributed by atoms with Crippen LogP contribution >= 0.6 is 24.2 Å². The number of hydrogen-bond donors (Lipinski definition) is 2. The Morgan fingerprint density at radius 2 is 2.11 bits per heavy atom. The summed E-state index contributed by atoms with van der Waals surface area (Å²) in [7, 11) is 0. The molecule has 0 aromatic carbocycles. The standard InChI is InChI=1S/C11H21N3O2S.ClH/c1-4-9(15)14-7-17-5-8(14)10(16)13-6-11(2,3)12;/h8H,4-7,12H2,1-3H3,(H,13,16);1H. The first kappa shape index (κ1) is 17.5. The summed E-state index contributed by atoms with van der Waals surface area (Å²) >= 11 is 1.61. The summed E-state index contributed by atoms with van der Waals surface area (Å²) in [5, 5.41) is 2.80. The number of thioether (sulfide) groups is 1. The van der Waals surface area contributed by atoms with Gasteiger partial charge in [0.15, 0.2) is 0 Å². The Kier molecular flexibility index (Phi) is 7.02. The summed E-state index contributed by atoms with van der Waals surface area (Å²) in [6.07, 6.45) is 0.437. The van der Waals surface area contributed by atoms with Gasteiger partial charge in [-0.05, 0) is 13.8 Å². The number of nitrogens with two attached hydrogens (primary N) is 1. The number of carbonyl (C=O) groups is 2. The third-order valence-electron chi connectivity index (χ3n) is 2.53. The molecule has 0 bridgehead atoms. The van der Waals surface area contributed by atoms with Crippen molar-refractivity contribution < 1.29 is 9.59 Å². The molecule has 0 aliphatic carbocycles. The van der Waals surface area contributed by atoms with E-state index >= 15 is 0 Å². The van der Waals surface area contributed by atoms with Crippen molar-refractivity contribution in [3.63, 3.8) is 0 Å². The van der Waals surface area contributed by atoms with E-state index in [1.807, 2.05) is 20.8 Å². The molecule has 0 radical (unpaired) electrons. The van der Waals surface area contributed by atoms with Crippen molar-refractivity contribution in [2.24, 2.45) is 5.73 Å². The highest BCUT2D eigenvalue weighted by Crippen LogP contribution is 2.21. The fraction of sp³-hybridized carbons (Fsp3) is 0.818. The van der Waals surface area contributed by atoms with Crippen LogP contribution in [0.25, 0.3) is 0 Å². The van der Waals surface area contributed by atoms with E-state index in [4.69, 9.17) is 5.73 Å². The molecule has 7 heteroatoms. The maximum atomic E-state index is 11.9. The lowest BCUT2D eigenvalue weighted by atomic mass is 10.1. The van der Waals surface area contributed by atoms with Gasteiger partial charge in [-0.25, -0.2) is 0 Å². The van der Waals surface area contributed by atoms with Gasteiger partial charge in [0.2, 0.25) is 11.8 Å². The van der Waals surface area contributed by atoms with Gasteiger partial charge < -0.3 is 16.0 Å². The van der Waals surface area contributed by atoms with Gasteiger partial charge in [0.1, 0.15) is 6.04 Å². The number of rotatable bonds is 4. The zero-order chi connectivity index (χ0) is 13.1. The topological polar surface area (TPSA) is 75.4 Å². The Hall–Kier alpha value is -0.460. The lowest BCUT2D eigenvalue weighted by molar-refractivity contribution is -0.137. The van der Waals surface area contributed by atoms with E-state index in [0.717, 1.165) is 0 Å². The molecule has 0 saturated carbocycles. The van der Waals surface area contributed by atoms with Gasteiger partial charge in [0.05, 0.1) is 5.88 Å². The SMILES string of the molecule is CCC(=O)N1CSCC1C(=O)NCC(C)(C)N.Cl. The van der Waals surface area contributed by atoms with E-state index in [1.54, 1.807) is 16.7 Å². The lowest BCUT2D eigenvalue weighted by Crippen LogP contribution is -2.52. The summed E-state index contributed by atoms with van der Waals surface area (Å²) in [4.78, 5) is 25.2. The summed E-state index contributed by atoms with van der Waals surface area (Å²) in [5.41, 5.74) is 5.37. The minimum atomic E-state index is -0.430. The van der Waals surface area contributed by atoms with E-state index in [-0.39, 0.29) is 30.3 Å². The van der Waals surface area contributed by atoms with Crippen molar-refractivity contribution in [1.82, 2.24) is 10.2 Å². The highest BCUT2D eigenvalue weighted by atomic mass is 35.5. The van der Waals surface area contributed by atoms with E-state index < -0.39 is 5.54 Å². The van der Waals surface area contributed by atoms with Crippen molar-refractivity contribution in [1.29, 1.82) is 0 Å². The molecule has 0 aromatic heterocycles. The van der Waals surface area contributed by atoms with E-state index in [9.17, 15) is 9.59 Å². The smallest absolute Gasteiger partial charge is 0.243 e. The monoisotopic (exact) mass is 295 g/mol. The van der Waals surface area contributed by atoms with Crippen molar-refractivity contribution in [3.8, 4) is 0 Å². The molecule has 1 fully saturated rings. The Morgan fingerprint density at radius 3 is 2.61 bits per heavy atom. The lowest BCUT2D eigenvalue weighted by Gasteiger charge is -2.25. The van der Waals surface area contributed by atoms with Crippen molar-refractivity contribution in [2.45, 2.75) is 38.8 Å². The summed E-state index contributed by atoms with van der Waals surface area (Å²) in [6.45, 7) is 5.93. The zero-order valence-electron chi connectivity index (χ0n) is 11.1. The largest absolute Gasteiger partial charge is 0.352 e. The van der Waals surface area contributed by atoms with E-state index in [0.29, 0.717) is 24.6 Å². The fourth-order valence-corrected chi connectivity index (χ4v) is 2.72. The zero-order valence-corrected chi connectivity index (χ0v) is 12.7. The molecule has 106 valence electrons. The van der Waals surface area contributed by atoms with Gasteiger partial charge in [-0.3, -0.25) is 9.59 Å². The molecule has 0 spiro atoms. The molecule has 1 rings (SSSR count). The van der Waals surface area contributed by atoms with Crippen LogP contribution in [0.4, 0.5) is 0 Å². The Balaban J connectivity index is 0.00000289. The number of halogens is 1. The van der Waals surface area contributed by atoms with E-state index in [1.165, 1.54) is 0 Å². The second-order valence-corrected chi connectivity index (χ2v) is 5.94. The predicted octanol–water partition coefficient (Wildman–Crippen LogP) is 0.573. The maximum absolute atomic E-state index is 11.9. The summed E-state index contributed by atoms with van der Waals surface area (Å²) in [5.74, 6) is 1.21. The first-order valence-electron chi connectivity index (χ1n) is 5.79. The van der Waals surface area contributed by atoms with Crippen LogP contribution in [-0.4, -0.2) is 46.5 Å². The average Bonchev–Trinajstić information content (AvgIpc) is 2.72. The first-order chi connectivity index (χ1) is 7.85. The highest BCUT2D eigenvalue weighted by Gasteiger charge is 2.34. The number of nitrogens with one attached hydrogen (secondary N) is 1. The number of amides is 2. The molecule has 3 N–H and O–H groups in total. The minimum absolute atomic E-state index is 0. The summed E-state index contributed by atoms with van der Waals surface area (Å²) in [6, 6.07) is -0.338. The van der Waals surface area contributed by atoms with Gasteiger partial charge in [0.25, 0.3) is 0 Å². The van der Waals surface area contributed by atoms with Crippen LogP contribution in [0, 0.1) is 0 Å². The van der Waals surface area contributed by atoms with Crippen LogP contribution < -0.4 is 11.1 Å². The third-order valence-corrected chi connectivity index (χ3v) is 3.54. The number of hydrogen-bond acceptors (Lipinski definition) is 4. The van der Waals surface area contributed by atoms with Crippen molar-refractivity contribution in [3.05, 3.63) is 0 Å². The molecule has 0 aromatic rings. The molecule has 1 unspecified atom stereocenters. The number of nitrogens with zero attached hydrogens (tertiary/aromatic N) is 1. The molecule has 1 saturated heterocycles. The molecular formula is C11H22ClN3O2S. The second kappa shape index (κ2) is 7.21. The van der Waals surface area contributed by atoms with Crippen LogP contribution in [0.5, 0.6) is 0 Å². The first-order valence-corrected chi connectivity index (χ1v) is 6.94. The normalized spacial score (nSPS) is 19.3. The minimum Gasteiger partial charge on any atom is -0.352 e. The van der Waals surface area contributed by atoms with Crippen LogP contribution in [0.1, 0.15) is 27.2 Å². The predicted molar refractivity (Wildman–Crippen MR) is 76.8 cm³/mol. The van der Waals surface area contributed by atoms with Crippen molar-refractivity contribution >= 4 is 36.0 Å². The molecular weight excluding hydrogens is 274 g/mol. The second-order valence-electron chi connectivity index (χ2n) is 4.94. The highest BCUT2D eigenvalue weighted by molar-refractivity contribution is 7.99. The Bertz CT molecular complexity index is 307. The molecule has 1 atom stereocenters. The molecule has 2 amide bonds. The molecule has 1 aliphatic heterocycles. The fourth-order valence-electron chi connectivity index (χ4n) is 1.54. The van der Waals surface area contributed by atoms with Gasteiger partial charge in [-0.1, -0.05) is 6.92 Å². The van der Waals surface area contributed by atoms with Gasteiger partial charge in [-0.2, -0.15) is 0 Å². The van der Waals surface area contributed by atoms with Crippen LogP contribution in [0.2, 0.25) is 0 Å². The Labute approximate surface area is 119 Å². The van der Waals surface area contributed by atoms with Crippen LogP contribution in [0.15, 0.2) is 0 Å². The number of carbonyl (C=O) groups excluding carboxylic acids is 2.